The Morgan fingerprint density at radius 1 is 1.19 bits per heavy atom. The summed E-state index contributed by atoms with van der Waals surface area (Å²) in [7, 11) is 0. The highest BCUT2D eigenvalue weighted by Gasteiger charge is 2.10. The number of nitrogens with one attached hydrogen (secondary N) is 1. The number of esters is 1. The highest BCUT2D eigenvalue weighted by molar-refractivity contribution is 6.31. The molecule has 0 bridgehead atoms. The van der Waals surface area contributed by atoms with Crippen molar-refractivity contribution in [2.45, 2.75) is 6.54 Å². The Hall–Kier alpha value is -2.40. The molecule has 6 heteroatoms. The summed E-state index contributed by atoms with van der Waals surface area (Å²) in [6.07, 6.45) is 2.93. The maximum atomic E-state index is 11.6. The molecule has 0 atom stereocenters. The summed E-state index contributed by atoms with van der Waals surface area (Å²) in [5.41, 5.74) is 1.10. The first-order chi connectivity index (χ1) is 10.2. The number of nitrogens with zero attached hydrogens (tertiary/aromatic N) is 1. The normalized spacial score (nSPS) is 9.95. The Labute approximate surface area is 126 Å². The molecule has 0 unspecified atom stereocenters. The molecule has 0 aliphatic heterocycles. The number of amides is 1. The fourth-order valence-corrected chi connectivity index (χ4v) is 1.79. The van der Waals surface area contributed by atoms with Crippen LogP contribution in [0.5, 0.6) is 0 Å². The molecular formula is C15H13ClN2O3. The predicted octanol–water partition coefficient (Wildman–Crippen LogP) is 2.21. The number of hydrogen-bond acceptors (Lipinski definition) is 4. The third-order valence-electron chi connectivity index (χ3n) is 2.67. The van der Waals surface area contributed by atoms with Gasteiger partial charge in [0.2, 0.25) is 0 Å². The van der Waals surface area contributed by atoms with Gasteiger partial charge in [-0.05, 0) is 23.8 Å². The minimum atomic E-state index is -0.587. The molecule has 21 heavy (non-hydrogen) atoms. The van der Waals surface area contributed by atoms with Gasteiger partial charge in [-0.15, -0.1) is 0 Å². The summed E-state index contributed by atoms with van der Waals surface area (Å²) in [6, 6.07) is 10.4. The third-order valence-corrected chi connectivity index (χ3v) is 3.03. The first kappa shape index (κ1) is 15.0. The van der Waals surface area contributed by atoms with Gasteiger partial charge in [-0.1, -0.05) is 29.8 Å². The van der Waals surface area contributed by atoms with Gasteiger partial charge in [-0.2, -0.15) is 0 Å². The molecule has 108 valence electrons. The Morgan fingerprint density at radius 3 is 2.71 bits per heavy atom. The molecular weight excluding hydrogens is 292 g/mol. The molecule has 1 aromatic carbocycles. The van der Waals surface area contributed by atoms with Crippen LogP contribution >= 0.6 is 11.6 Å². The van der Waals surface area contributed by atoms with Crippen molar-refractivity contribution in [3.63, 3.8) is 0 Å². The van der Waals surface area contributed by atoms with Crippen molar-refractivity contribution in [3.8, 4) is 0 Å². The van der Waals surface area contributed by atoms with Gasteiger partial charge in [0.05, 0.1) is 5.56 Å². The summed E-state index contributed by atoms with van der Waals surface area (Å²) < 4.78 is 4.88. The second-order valence-electron chi connectivity index (χ2n) is 4.19. The zero-order chi connectivity index (χ0) is 15.1. The number of carbonyl (C=O) groups excluding carboxylic acids is 2. The zero-order valence-corrected chi connectivity index (χ0v) is 11.8. The molecule has 0 saturated carbocycles. The SMILES string of the molecule is O=C(COC(=O)c1cccnc1)NCc1ccccc1Cl. The van der Waals surface area contributed by atoms with Crippen molar-refractivity contribution in [1.29, 1.82) is 0 Å². The number of hydrogen-bond donors (Lipinski definition) is 1. The highest BCUT2D eigenvalue weighted by Crippen LogP contribution is 2.14. The van der Waals surface area contributed by atoms with Crippen LogP contribution in [0.3, 0.4) is 0 Å². The molecule has 0 spiro atoms. The highest BCUT2D eigenvalue weighted by atomic mass is 35.5. The largest absolute Gasteiger partial charge is 0.452 e. The molecule has 0 radical (unpaired) electrons. The van der Waals surface area contributed by atoms with Crippen LogP contribution in [0.4, 0.5) is 0 Å². The Kier molecular flexibility index (Phi) is 5.29. The first-order valence-electron chi connectivity index (χ1n) is 6.24. The maximum Gasteiger partial charge on any atom is 0.340 e. The topological polar surface area (TPSA) is 68.3 Å². The van der Waals surface area contributed by atoms with Crippen LogP contribution in [-0.2, 0) is 16.1 Å². The molecule has 1 amide bonds. The van der Waals surface area contributed by atoms with Gasteiger partial charge in [-0.3, -0.25) is 9.78 Å². The maximum absolute atomic E-state index is 11.6. The van der Waals surface area contributed by atoms with Crippen LogP contribution in [0.15, 0.2) is 48.8 Å². The lowest BCUT2D eigenvalue weighted by atomic mass is 10.2. The summed E-state index contributed by atoms with van der Waals surface area (Å²) in [4.78, 5) is 27.0. The number of benzene rings is 1. The van der Waals surface area contributed by atoms with E-state index in [0.717, 1.165) is 5.56 Å². The van der Waals surface area contributed by atoms with Gasteiger partial charge in [0.1, 0.15) is 0 Å². The molecule has 1 aromatic heterocycles. The second-order valence-corrected chi connectivity index (χ2v) is 4.59. The number of carbonyl (C=O) groups is 2. The van der Waals surface area contributed by atoms with E-state index in [1.165, 1.54) is 6.20 Å². The Morgan fingerprint density at radius 2 is 2.00 bits per heavy atom. The molecule has 2 rings (SSSR count). The fourth-order valence-electron chi connectivity index (χ4n) is 1.58. The van der Waals surface area contributed by atoms with Gasteiger partial charge in [0.25, 0.3) is 5.91 Å². The monoisotopic (exact) mass is 304 g/mol. The van der Waals surface area contributed by atoms with E-state index in [9.17, 15) is 9.59 Å². The van der Waals surface area contributed by atoms with E-state index >= 15 is 0 Å². The van der Waals surface area contributed by atoms with Crippen LogP contribution in [-0.4, -0.2) is 23.5 Å². The molecule has 2 aromatic rings. The van der Waals surface area contributed by atoms with Crippen LogP contribution in [0.1, 0.15) is 15.9 Å². The lowest BCUT2D eigenvalue weighted by Gasteiger charge is -2.07. The minimum absolute atomic E-state index is 0.281. The number of pyridine rings is 1. The molecule has 0 fully saturated rings. The zero-order valence-electron chi connectivity index (χ0n) is 11.1. The van der Waals surface area contributed by atoms with E-state index in [4.69, 9.17) is 16.3 Å². The number of ether oxygens (including phenoxy) is 1. The average Bonchev–Trinajstić information content (AvgIpc) is 2.52. The lowest BCUT2D eigenvalue weighted by molar-refractivity contribution is -0.124. The predicted molar refractivity (Wildman–Crippen MR) is 77.8 cm³/mol. The molecule has 0 saturated heterocycles. The second kappa shape index (κ2) is 7.40. The molecule has 1 N–H and O–H groups in total. The number of aromatic nitrogens is 1. The van der Waals surface area contributed by atoms with Gasteiger partial charge in [0, 0.05) is 24.0 Å². The van der Waals surface area contributed by atoms with Gasteiger partial charge in [-0.25, -0.2) is 4.79 Å². The molecule has 0 aliphatic carbocycles. The van der Waals surface area contributed by atoms with Gasteiger partial charge in [0.15, 0.2) is 6.61 Å². The van der Waals surface area contributed by atoms with Crippen LogP contribution in [0.2, 0.25) is 5.02 Å². The van der Waals surface area contributed by atoms with Crippen molar-refractivity contribution in [2.24, 2.45) is 0 Å². The van der Waals surface area contributed by atoms with E-state index in [1.807, 2.05) is 18.2 Å². The third kappa shape index (κ3) is 4.57. The van der Waals surface area contributed by atoms with Crippen molar-refractivity contribution < 1.29 is 14.3 Å². The molecule has 5 nitrogen and oxygen atoms in total. The van der Waals surface area contributed by atoms with Crippen LogP contribution < -0.4 is 5.32 Å². The quantitative estimate of drug-likeness (QED) is 0.860. The van der Waals surface area contributed by atoms with E-state index < -0.39 is 11.9 Å². The molecule has 1 heterocycles. The van der Waals surface area contributed by atoms with Crippen molar-refractivity contribution >= 4 is 23.5 Å². The Balaban J connectivity index is 1.78. The Bertz CT molecular complexity index is 632. The smallest absolute Gasteiger partial charge is 0.340 e. The van der Waals surface area contributed by atoms with E-state index in [2.05, 4.69) is 10.3 Å². The first-order valence-corrected chi connectivity index (χ1v) is 6.62. The van der Waals surface area contributed by atoms with Crippen molar-refractivity contribution in [3.05, 3.63) is 64.9 Å². The lowest BCUT2D eigenvalue weighted by Crippen LogP contribution is -2.28. The summed E-state index contributed by atoms with van der Waals surface area (Å²) in [5, 5.41) is 3.20. The number of rotatable bonds is 5. The minimum Gasteiger partial charge on any atom is -0.452 e. The standard InChI is InChI=1S/C15H13ClN2O3/c16-13-6-2-1-4-11(13)9-18-14(19)10-21-15(20)12-5-3-7-17-8-12/h1-8H,9-10H2,(H,18,19). The summed E-state index contributed by atoms with van der Waals surface area (Å²) in [6.45, 7) is -0.0683. The van der Waals surface area contributed by atoms with E-state index in [0.29, 0.717) is 10.6 Å². The van der Waals surface area contributed by atoms with Crippen LogP contribution in [0.25, 0.3) is 0 Å². The van der Waals surface area contributed by atoms with E-state index in [-0.39, 0.29) is 13.2 Å². The molecule has 0 aliphatic rings. The van der Waals surface area contributed by atoms with Gasteiger partial charge >= 0.3 is 5.97 Å². The van der Waals surface area contributed by atoms with E-state index in [1.54, 1.807) is 24.4 Å². The van der Waals surface area contributed by atoms with Crippen LogP contribution in [0, 0.1) is 0 Å². The number of halogens is 1. The van der Waals surface area contributed by atoms with Crippen molar-refractivity contribution in [1.82, 2.24) is 10.3 Å². The van der Waals surface area contributed by atoms with Gasteiger partial charge < -0.3 is 10.1 Å². The summed E-state index contributed by atoms with van der Waals surface area (Å²) in [5.74, 6) is -0.983. The van der Waals surface area contributed by atoms with Crippen molar-refractivity contribution in [2.75, 3.05) is 6.61 Å². The fraction of sp³-hybridized carbons (Fsp3) is 0.133. The summed E-state index contributed by atoms with van der Waals surface area (Å²) >= 11 is 5.97. The average molecular weight is 305 g/mol.